The number of hydrogen-bond acceptors (Lipinski definition) is 4. The summed E-state index contributed by atoms with van der Waals surface area (Å²) < 4.78 is 28.7. The van der Waals surface area contributed by atoms with E-state index in [-0.39, 0.29) is 24.8 Å². The molecule has 1 amide bonds. The normalized spacial score (nSPS) is 13.9. The molecule has 1 aromatic heterocycles. The SMILES string of the molecule is O=C(Cn1c(=O)ccn(Cc2cccc(F)c2)c1=O)N1CCN(c2ccc(F)cc2)CC1. The van der Waals surface area contributed by atoms with Crippen LogP contribution in [0.1, 0.15) is 5.56 Å². The van der Waals surface area contributed by atoms with E-state index in [0.717, 1.165) is 10.3 Å². The molecule has 1 aliphatic heterocycles. The summed E-state index contributed by atoms with van der Waals surface area (Å²) in [6.07, 6.45) is 1.35. The van der Waals surface area contributed by atoms with Gasteiger partial charge in [0.2, 0.25) is 5.91 Å². The maximum atomic E-state index is 13.4. The molecule has 2 heterocycles. The molecule has 1 aliphatic rings. The Morgan fingerprint density at radius 3 is 2.28 bits per heavy atom. The van der Waals surface area contributed by atoms with Crippen LogP contribution < -0.4 is 16.1 Å². The highest BCUT2D eigenvalue weighted by molar-refractivity contribution is 5.76. The summed E-state index contributed by atoms with van der Waals surface area (Å²) in [4.78, 5) is 41.5. The van der Waals surface area contributed by atoms with Gasteiger partial charge in [-0.2, -0.15) is 0 Å². The first kappa shape index (κ1) is 21.5. The Labute approximate surface area is 182 Å². The van der Waals surface area contributed by atoms with Gasteiger partial charge in [0.15, 0.2) is 0 Å². The summed E-state index contributed by atoms with van der Waals surface area (Å²) in [7, 11) is 0. The number of piperazine rings is 1. The molecule has 2 aromatic carbocycles. The fraction of sp³-hybridized carbons (Fsp3) is 0.261. The van der Waals surface area contributed by atoms with Crippen molar-refractivity contribution in [1.29, 1.82) is 0 Å². The van der Waals surface area contributed by atoms with Gasteiger partial charge in [0, 0.05) is 44.1 Å². The average molecular weight is 440 g/mol. The third kappa shape index (κ3) is 4.77. The first-order valence-corrected chi connectivity index (χ1v) is 10.2. The third-order valence-electron chi connectivity index (χ3n) is 5.50. The second kappa shape index (κ2) is 9.17. The first-order chi connectivity index (χ1) is 15.4. The van der Waals surface area contributed by atoms with Crippen molar-refractivity contribution in [3.05, 3.63) is 98.8 Å². The van der Waals surface area contributed by atoms with E-state index < -0.39 is 17.1 Å². The van der Waals surface area contributed by atoms with Crippen LogP contribution in [0.25, 0.3) is 0 Å². The van der Waals surface area contributed by atoms with Crippen LogP contribution in [0.5, 0.6) is 0 Å². The van der Waals surface area contributed by atoms with Gasteiger partial charge in [0.25, 0.3) is 5.56 Å². The Hall–Kier alpha value is -3.75. The van der Waals surface area contributed by atoms with Crippen LogP contribution in [0.15, 0.2) is 70.4 Å². The summed E-state index contributed by atoms with van der Waals surface area (Å²) in [5, 5.41) is 0. The molecule has 0 atom stereocenters. The van der Waals surface area contributed by atoms with Gasteiger partial charge < -0.3 is 9.80 Å². The predicted octanol–water partition coefficient (Wildman–Crippen LogP) is 1.69. The lowest BCUT2D eigenvalue weighted by Crippen LogP contribution is -2.51. The number of nitrogens with zero attached hydrogens (tertiary/aromatic N) is 4. The van der Waals surface area contributed by atoms with Gasteiger partial charge >= 0.3 is 5.69 Å². The summed E-state index contributed by atoms with van der Waals surface area (Å²) >= 11 is 0. The van der Waals surface area contributed by atoms with E-state index in [2.05, 4.69) is 0 Å². The molecule has 1 fully saturated rings. The lowest BCUT2D eigenvalue weighted by molar-refractivity contribution is -0.132. The fourth-order valence-electron chi connectivity index (χ4n) is 3.76. The van der Waals surface area contributed by atoms with Crippen molar-refractivity contribution < 1.29 is 13.6 Å². The molecule has 4 rings (SSSR count). The van der Waals surface area contributed by atoms with Crippen molar-refractivity contribution in [1.82, 2.24) is 14.0 Å². The molecule has 166 valence electrons. The molecule has 32 heavy (non-hydrogen) atoms. The average Bonchev–Trinajstić information content (AvgIpc) is 2.79. The molecule has 0 radical (unpaired) electrons. The number of carbonyl (C=O) groups is 1. The predicted molar refractivity (Wildman–Crippen MR) is 116 cm³/mol. The molecular formula is C23H22F2N4O3. The molecule has 0 saturated carbocycles. The zero-order valence-electron chi connectivity index (χ0n) is 17.3. The van der Waals surface area contributed by atoms with Crippen LogP contribution in [0, 0.1) is 11.6 Å². The Morgan fingerprint density at radius 2 is 1.59 bits per heavy atom. The third-order valence-corrected chi connectivity index (χ3v) is 5.50. The Kier molecular flexibility index (Phi) is 6.16. The molecule has 0 unspecified atom stereocenters. The topological polar surface area (TPSA) is 67.5 Å². The second-order valence-corrected chi connectivity index (χ2v) is 7.62. The smallest absolute Gasteiger partial charge is 0.331 e. The number of anilines is 1. The highest BCUT2D eigenvalue weighted by Crippen LogP contribution is 2.17. The number of aromatic nitrogens is 2. The van der Waals surface area contributed by atoms with Gasteiger partial charge in [-0.05, 0) is 42.0 Å². The van der Waals surface area contributed by atoms with Crippen molar-refractivity contribution in [3.8, 4) is 0 Å². The van der Waals surface area contributed by atoms with Crippen LogP contribution in [-0.2, 0) is 17.9 Å². The largest absolute Gasteiger partial charge is 0.368 e. The molecule has 7 nitrogen and oxygen atoms in total. The van der Waals surface area contributed by atoms with Gasteiger partial charge in [-0.3, -0.25) is 18.7 Å². The number of amides is 1. The highest BCUT2D eigenvalue weighted by atomic mass is 19.1. The van der Waals surface area contributed by atoms with Gasteiger partial charge in [-0.1, -0.05) is 12.1 Å². The maximum Gasteiger partial charge on any atom is 0.331 e. The van der Waals surface area contributed by atoms with Gasteiger partial charge in [0.1, 0.15) is 18.2 Å². The minimum atomic E-state index is -0.625. The summed E-state index contributed by atoms with van der Waals surface area (Å²) in [6, 6.07) is 13.2. The van der Waals surface area contributed by atoms with E-state index in [1.807, 2.05) is 4.90 Å². The van der Waals surface area contributed by atoms with Crippen molar-refractivity contribution in [3.63, 3.8) is 0 Å². The monoisotopic (exact) mass is 440 g/mol. The Morgan fingerprint density at radius 1 is 0.875 bits per heavy atom. The molecular weight excluding hydrogens is 418 g/mol. The van der Waals surface area contributed by atoms with Gasteiger partial charge in [-0.25, -0.2) is 13.6 Å². The quantitative estimate of drug-likeness (QED) is 0.606. The van der Waals surface area contributed by atoms with Gasteiger partial charge in [0.05, 0.1) is 6.54 Å². The van der Waals surface area contributed by atoms with Crippen molar-refractivity contribution in [2.75, 3.05) is 31.1 Å². The summed E-state index contributed by atoms with van der Waals surface area (Å²) in [5.41, 5.74) is 0.252. The minimum Gasteiger partial charge on any atom is -0.368 e. The minimum absolute atomic E-state index is 0.0847. The summed E-state index contributed by atoms with van der Waals surface area (Å²) in [6.45, 7) is 1.69. The highest BCUT2D eigenvalue weighted by Gasteiger charge is 2.22. The van der Waals surface area contributed by atoms with Crippen LogP contribution >= 0.6 is 0 Å². The van der Waals surface area contributed by atoms with Crippen LogP contribution in [0.4, 0.5) is 14.5 Å². The van der Waals surface area contributed by atoms with Crippen molar-refractivity contribution >= 4 is 11.6 Å². The lowest BCUT2D eigenvalue weighted by atomic mass is 10.2. The van der Waals surface area contributed by atoms with Crippen LogP contribution in [0.3, 0.4) is 0 Å². The number of hydrogen-bond donors (Lipinski definition) is 0. The zero-order chi connectivity index (χ0) is 22.7. The molecule has 3 aromatic rings. The van der Waals surface area contributed by atoms with Crippen LogP contribution in [-0.4, -0.2) is 46.1 Å². The maximum absolute atomic E-state index is 13.4. The standard InChI is InChI=1S/C23H22F2N4O3/c24-18-4-6-20(7-5-18)26-10-12-27(13-11-26)22(31)16-29-21(30)8-9-28(23(29)32)15-17-2-1-3-19(25)14-17/h1-9,14H,10-13,15-16H2. The second-order valence-electron chi connectivity index (χ2n) is 7.62. The summed E-state index contributed by atoms with van der Waals surface area (Å²) in [5.74, 6) is -1.05. The number of halogens is 2. The van der Waals surface area contributed by atoms with E-state index in [1.165, 1.54) is 41.1 Å². The number of rotatable bonds is 5. The van der Waals surface area contributed by atoms with Crippen LogP contribution in [0.2, 0.25) is 0 Å². The first-order valence-electron chi connectivity index (χ1n) is 10.2. The molecule has 0 aliphatic carbocycles. The molecule has 0 spiro atoms. The molecule has 0 bridgehead atoms. The van der Waals surface area contributed by atoms with Gasteiger partial charge in [-0.15, -0.1) is 0 Å². The Balaban J connectivity index is 1.43. The van der Waals surface area contributed by atoms with Crippen molar-refractivity contribution in [2.45, 2.75) is 13.1 Å². The number of carbonyl (C=O) groups excluding carboxylic acids is 1. The number of benzene rings is 2. The van der Waals surface area contributed by atoms with E-state index >= 15 is 0 Å². The lowest BCUT2D eigenvalue weighted by Gasteiger charge is -2.36. The molecule has 0 N–H and O–H groups in total. The van der Waals surface area contributed by atoms with E-state index in [9.17, 15) is 23.2 Å². The molecule has 9 heteroatoms. The fourth-order valence-corrected chi connectivity index (χ4v) is 3.76. The van der Waals surface area contributed by atoms with E-state index in [0.29, 0.717) is 31.7 Å². The van der Waals surface area contributed by atoms with Crippen molar-refractivity contribution in [2.24, 2.45) is 0 Å². The zero-order valence-corrected chi connectivity index (χ0v) is 17.3. The molecule has 1 saturated heterocycles. The Bertz CT molecular complexity index is 1230. The van der Waals surface area contributed by atoms with E-state index in [4.69, 9.17) is 0 Å². The van der Waals surface area contributed by atoms with E-state index in [1.54, 1.807) is 29.2 Å².